The van der Waals surface area contributed by atoms with Gasteiger partial charge in [0, 0.05) is 29.0 Å². The summed E-state index contributed by atoms with van der Waals surface area (Å²) in [6.07, 6.45) is 8.36. The van der Waals surface area contributed by atoms with Crippen molar-refractivity contribution in [2.24, 2.45) is 16.7 Å². The van der Waals surface area contributed by atoms with Gasteiger partial charge in [-0.25, -0.2) is 4.21 Å². The first-order valence-corrected chi connectivity index (χ1v) is 11.8. The monoisotopic (exact) mass is 391 g/mol. The van der Waals surface area contributed by atoms with E-state index < -0.39 is 11.0 Å². The zero-order valence-electron chi connectivity index (χ0n) is 17.2. The molecule has 5 heteroatoms. The Balaban J connectivity index is 2.22. The molecule has 150 valence electrons. The largest absolute Gasteiger partial charge is 0.308 e. The third-order valence-corrected chi connectivity index (χ3v) is 8.29. The van der Waals surface area contributed by atoms with Gasteiger partial charge in [0.1, 0.15) is 11.0 Å². The van der Waals surface area contributed by atoms with Gasteiger partial charge in [0.15, 0.2) is 11.6 Å². The Labute approximate surface area is 165 Å². The van der Waals surface area contributed by atoms with E-state index in [2.05, 4.69) is 32.4 Å². The van der Waals surface area contributed by atoms with Crippen LogP contribution in [0.3, 0.4) is 0 Å². The molecule has 1 heterocycles. The number of rotatable bonds is 7. The van der Waals surface area contributed by atoms with Crippen LogP contribution in [0.5, 0.6) is 0 Å². The third kappa shape index (κ3) is 3.26. The van der Waals surface area contributed by atoms with Gasteiger partial charge in [-0.1, -0.05) is 40.5 Å². The van der Waals surface area contributed by atoms with E-state index in [4.69, 9.17) is 0 Å². The highest BCUT2D eigenvalue weighted by atomic mass is 32.2. The Morgan fingerprint density at radius 2 is 1.96 bits per heavy atom. The molecule has 2 aliphatic carbocycles. The van der Waals surface area contributed by atoms with E-state index in [1.807, 2.05) is 0 Å². The molecule has 3 atom stereocenters. The molecule has 0 aromatic rings. The number of nitrogens with one attached hydrogen (secondary N) is 1. The number of allylic oxidation sites excluding steroid dienone is 4. The summed E-state index contributed by atoms with van der Waals surface area (Å²) in [4.78, 5) is 26.4. The zero-order chi connectivity index (χ0) is 19.8. The summed E-state index contributed by atoms with van der Waals surface area (Å²) >= 11 is 0. The van der Waals surface area contributed by atoms with Gasteiger partial charge in [0.2, 0.25) is 0 Å². The molecular weight excluding hydrogens is 358 g/mol. The second-order valence-corrected chi connectivity index (χ2v) is 10.1. The quantitative estimate of drug-likeness (QED) is 0.700. The average molecular weight is 392 g/mol. The van der Waals surface area contributed by atoms with E-state index in [-0.39, 0.29) is 28.3 Å². The van der Waals surface area contributed by atoms with Crippen molar-refractivity contribution >= 4 is 22.6 Å². The van der Waals surface area contributed by atoms with Crippen LogP contribution in [-0.4, -0.2) is 21.5 Å². The highest BCUT2D eigenvalue weighted by molar-refractivity contribution is 7.83. The van der Waals surface area contributed by atoms with Gasteiger partial charge in [-0.3, -0.25) is 9.59 Å². The van der Waals surface area contributed by atoms with Gasteiger partial charge in [0.05, 0.1) is 5.75 Å². The van der Waals surface area contributed by atoms with Crippen molar-refractivity contribution in [3.63, 3.8) is 0 Å². The summed E-state index contributed by atoms with van der Waals surface area (Å²) in [7, 11) is -1.19. The summed E-state index contributed by atoms with van der Waals surface area (Å²) in [5.74, 6) is 0.702. The number of hydrogen-bond acceptors (Lipinski definition) is 3. The molecule has 1 unspecified atom stereocenters. The van der Waals surface area contributed by atoms with Crippen LogP contribution in [0.1, 0.15) is 79.1 Å². The zero-order valence-corrected chi connectivity index (χ0v) is 18.0. The van der Waals surface area contributed by atoms with E-state index in [1.165, 1.54) is 0 Å². The fraction of sp³-hybridized carbons (Fsp3) is 0.727. The molecule has 1 aliphatic heterocycles. The van der Waals surface area contributed by atoms with Gasteiger partial charge in [-0.05, 0) is 49.2 Å². The van der Waals surface area contributed by atoms with Crippen molar-refractivity contribution in [1.82, 2.24) is 4.72 Å². The van der Waals surface area contributed by atoms with Crippen LogP contribution in [0.25, 0.3) is 0 Å². The van der Waals surface area contributed by atoms with Crippen LogP contribution in [0.4, 0.5) is 0 Å². The van der Waals surface area contributed by atoms with Crippen LogP contribution in [-0.2, 0) is 20.6 Å². The third-order valence-electron chi connectivity index (χ3n) is 7.10. The number of fused-ring (bicyclic) bond motifs is 1. The normalized spacial score (nSPS) is 36.4. The number of carbonyl (C=O) groups is 2. The fourth-order valence-corrected chi connectivity index (χ4v) is 7.00. The maximum absolute atomic E-state index is 13.3. The number of hydrogen-bond donors (Lipinski definition) is 1. The van der Waals surface area contributed by atoms with E-state index in [9.17, 15) is 13.8 Å². The molecule has 0 aromatic heterocycles. The lowest BCUT2D eigenvalue weighted by atomic mass is 9.61. The summed E-state index contributed by atoms with van der Waals surface area (Å²) in [6.45, 7) is 8.46. The lowest BCUT2D eigenvalue weighted by molar-refractivity contribution is -0.121. The maximum Gasteiger partial charge on any atom is 0.164 e. The number of ketones is 2. The summed E-state index contributed by atoms with van der Waals surface area (Å²) in [5.41, 5.74) is 1.77. The van der Waals surface area contributed by atoms with Crippen molar-refractivity contribution in [2.45, 2.75) is 79.1 Å². The second-order valence-electron chi connectivity index (χ2n) is 8.94. The number of unbranched alkanes of at least 4 members (excludes halogenated alkanes) is 2. The molecule has 1 saturated carbocycles. The fourth-order valence-electron chi connectivity index (χ4n) is 5.29. The van der Waals surface area contributed by atoms with Gasteiger partial charge in [0.25, 0.3) is 0 Å². The minimum atomic E-state index is -1.19. The molecule has 2 fully saturated rings. The maximum atomic E-state index is 13.3. The molecule has 3 aliphatic rings. The molecular formula is C22H33NO3S. The highest BCUT2D eigenvalue weighted by Gasteiger charge is 2.62. The van der Waals surface area contributed by atoms with Crippen LogP contribution < -0.4 is 4.72 Å². The Morgan fingerprint density at radius 3 is 2.63 bits per heavy atom. The molecule has 0 amide bonds. The highest BCUT2D eigenvalue weighted by Crippen LogP contribution is 2.63. The Morgan fingerprint density at radius 1 is 1.26 bits per heavy atom. The van der Waals surface area contributed by atoms with Crippen LogP contribution in [0, 0.1) is 16.7 Å². The lowest BCUT2D eigenvalue weighted by Gasteiger charge is -2.42. The van der Waals surface area contributed by atoms with Crippen molar-refractivity contribution in [3.8, 4) is 0 Å². The first kappa shape index (κ1) is 20.5. The van der Waals surface area contributed by atoms with Crippen LogP contribution in [0.2, 0.25) is 0 Å². The predicted molar refractivity (Wildman–Crippen MR) is 109 cm³/mol. The summed E-state index contributed by atoms with van der Waals surface area (Å²) < 4.78 is 15.8. The van der Waals surface area contributed by atoms with Crippen molar-refractivity contribution < 1.29 is 13.8 Å². The summed E-state index contributed by atoms with van der Waals surface area (Å²) in [5, 5.41) is 0. The molecule has 1 spiro atoms. The molecule has 1 saturated heterocycles. The van der Waals surface area contributed by atoms with E-state index >= 15 is 0 Å². The number of carbonyl (C=O) groups excluding carboxylic acids is 2. The van der Waals surface area contributed by atoms with Gasteiger partial charge < -0.3 is 4.72 Å². The molecule has 1 N–H and O–H groups in total. The molecule has 2 bridgehead atoms. The minimum Gasteiger partial charge on any atom is -0.308 e. The van der Waals surface area contributed by atoms with Crippen molar-refractivity contribution in [1.29, 1.82) is 0 Å². The van der Waals surface area contributed by atoms with Crippen LogP contribution >= 0.6 is 0 Å². The molecule has 4 nitrogen and oxygen atoms in total. The topological polar surface area (TPSA) is 63.2 Å². The predicted octanol–water partition coefficient (Wildman–Crippen LogP) is 4.39. The summed E-state index contributed by atoms with van der Waals surface area (Å²) in [6, 6.07) is 0. The van der Waals surface area contributed by atoms with Gasteiger partial charge >= 0.3 is 0 Å². The first-order chi connectivity index (χ1) is 12.8. The Hall–Kier alpha value is -1.23. The van der Waals surface area contributed by atoms with Crippen LogP contribution in [0.15, 0.2) is 22.9 Å². The lowest BCUT2D eigenvalue weighted by Crippen LogP contribution is -2.43. The smallest absolute Gasteiger partial charge is 0.164 e. The first-order valence-electron chi connectivity index (χ1n) is 10.5. The SMILES string of the molecule is CCCCC(=O)C1=C2\NS(=O)C[C@@]23CC[C@@H](C(=O)/C=C\1CCCC)C3(C)C. The van der Waals surface area contributed by atoms with E-state index in [0.29, 0.717) is 17.7 Å². The van der Waals surface area contributed by atoms with Crippen molar-refractivity contribution in [2.75, 3.05) is 5.75 Å². The van der Waals surface area contributed by atoms with Gasteiger partial charge in [-0.2, -0.15) is 0 Å². The second kappa shape index (κ2) is 7.65. The van der Waals surface area contributed by atoms with Crippen molar-refractivity contribution in [3.05, 3.63) is 22.9 Å². The number of Topliss-reactive ketones (excluding diaryl/α,β-unsaturated/α-hetero) is 1. The van der Waals surface area contributed by atoms with E-state index in [0.717, 1.165) is 56.2 Å². The molecule has 0 radical (unpaired) electrons. The van der Waals surface area contributed by atoms with E-state index in [1.54, 1.807) is 6.08 Å². The minimum absolute atomic E-state index is 0.0617. The molecule has 3 rings (SSSR count). The Bertz CT molecular complexity index is 734. The Kier molecular flexibility index (Phi) is 5.81. The molecule has 0 aromatic carbocycles. The van der Waals surface area contributed by atoms with Gasteiger partial charge in [-0.15, -0.1) is 0 Å². The standard InChI is InChI=1S/C22H33NO3S/c1-5-7-9-15-13-18(25)16-11-12-22(21(16,3)4)14-27(26)23-20(22)19(15)17(24)10-8-6-2/h13,16,23H,5-12,14H2,1-4H3/b15-13-,20-19-/t16-,22-,27?/m0/s1. The molecule has 27 heavy (non-hydrogen) atoms. The average Bonchev–Trinajstić information content (AvgIpc) is 3.08.